The Morgan fingerprint density at radius 3 is 2.54 bits per heavy atom. The smallest absolute Gasteiger partial charge is 0.387 e. The molecule has 0 fully saturated rings. The van der Waals surface area contributed by atoms with E-state index in [-0.39, 0.29) is 22.5 Å². The van der Waals surface area contributed by atoms with Crippen molar-refractivity contribution in [1.29, 1.82) is 0 Å². The third-order valence-electron chi connectivity index (χ3n) is 6.28. The lowest BCUT2D eigenvalue weighted by Crippen LogP contribution is -2.40. The number of nitrogens with zero attached hydrogens (tertiary/aromatic N) is 2. The first-order valence-electron chi connectivity index (χ1n) is 12.5. The van der Waals surface area contributed by atoms with E-state index in [2.05, 4.69) is 20.7 Å². The van der Waals surface area contributed by atoms with E-state index in [1.807, 2.05) is 30.3 Å². The maximum atomic E-state index is 14.1. The van der Waals surface area contributed by atoms with Crippen LogP contribution < -0.4 is 24.4 Å². The van der Waals surface area contributed by atoms with E-state index in [9.17, 15) is 18.4 Å². The maximum Gasteiger partial charge on any atom is 0.387 e. The molecule has 0 bridgehead atoms. The van der Waals surface area contributed by atoms with Gasteiger partial charge in [0.2, 0.25) is 0 Å². The Bertz CT molecular complexity index is 1820. The molecule has 0 amide bonds. The van der Waals surface area contributed by atoms with Crippen LogP contribution in [-0.2, 0) is 9.53 Å². The highest BCUT2D eigenvalue weighted by atomic mass is 79.9. The highest BCUT2D eigenvalue weighted by molar-refractivity contribution is 9.10. The lowest BCUT2D eigenvalue weighted by Gasteiger charge is -2.27. The van der Waals surface area contributed by atoms with Crippen LogP contribution >= 0.6 is 27.3 Å². The van der Waals surface area contributed by atoms with Crippen molar-refractivity contribution in [2.45, 2.75) is 19.6 Å². The molecular formula is C30H23BrF2N2O5S. The molecule has 0 unspecified atom stereocenters. The van der Waals surface area contributed by atoms with Crippen molar-refractivity contribution in [1.82, 2.24) is 4.57 Å². The van der Waals surface area contributed by atoms with Gasteiger partial charge in [-0.3, -0.25) is 9.36 Å². The van der Waals surface area contributed by atoms with Crippen LogP contribution in [0.5, 0.6) is 11.5 Å². The van der Waals surface area contributed by atoms with Crippen molar-refractivity contribution in [3.05, 3.63) is 119 Å². The molecule has 41 heavy (non-hydrogen) atoms. The van der Waals surface area contributed by atoms with E-state index in [0.29, 0.717) is 37.4 Å². The van der Waals surface area contributed by atoms with Gasteiger partial charge in [0.15, 0.2) is 4.80 Å². The first kappa shape index (κ1) is 28.4. The molecule has 5 rings (SSSR count). The molecule has 1 aromatic heterocycles. The predicted octanol–water partition coefficient (Wildman–Crippen LogP) is 5.31. The largest absolute Gasteiger partial charge is 0.496 e. The van der Waals surface area contributed by atoms with Gasteiger partial charge in [-0.2, -0.15) is 8.78 Å². The normalized spacial score (nSPS) is 15.0. The zero-order valence-electron chi connectivity index (χ0n) is 21.8. The number of methoxy groups -OCH3 is 1. The summed E-state index contributed by atoms with van der Waals surface area (Å²) < 4.78 is 44.2. The van der Waals surface area contributed by atoms with Gasteiger partial charge in [-0.15, -0.1) is 0 Å². The van der Waals surface area contributed by atoms with Crippen molar-refractivity contribution in [2.24, 2.45) is 4.99 Å². The lowest BCUT2D eigenvalue weighted by molar-refractivity contribution is -0.138. The number of carbonyl (C=O) groups excluding carboxylic acids is 1. The molecule has 1 aliphatic rings. The SMILES string of the molecule is CCOC(=O)C1=C(c2ccccc2)N=c2s/c(=C\c3ccccc3OC(F)F)c(=O)n2[C@H]1c1cc(Br)ccc1OC. The van der Waals surface area contributed by atoms with Gasteiger partial charge in [-0.25, -0.2) is 9.79 Å². The van der Waals surface area contributed by atoms with E-state index >= 15 is 0 Å². The van der Waals surface area contributed by atoms with E-state index < -0.39 is 24.2 Å². The van der Waals surface area contributed by atoms with Crippen LogP contribution in [0.4, 0.5) is 8.78 Å². The van der Waals surface area contributed by atoms with E-state index in [0.717, 1.165) is 11.3 Å². The number of ether oxygens (including phenoxy) is 3. The fourth-order valence-electron chi connectivity index (χ4n) is 4.60. The Balaban J connectivity index is 1.85. The Kier molecular flexibility index (Phi) is 8.46. The molecule has 1 atom stereocenters. The van der Waals surface area contributed by atoms with Gasteiger partial charge in [0.25, 0.3) is 5.56 Å². The summed E-state index contributed by atoms with van der Waals surface area (Å²) in [5.41, 5.74) is 1.52. The van der Waals surface area contributed by atoms with Crippen LogP contribution in [0, 0.1) is 0 Å². The monoisotopic (exact) mass is 640 g/mol. The van der Waals surface area contributed by atoms with Gasteiger partial charge in [-0.05, 0) is 37.3 Å². The van der Waals surface area contributed by atoms with Crippen molar-refractivity contribution >= 4 is 45.0 Å². The summed E-state index contributed by atoms with van der Waals surface area (Å²) in [7, 11) is 1.50. The molecule has 0 saturated carbocycles. The molecule has 0 aliphatic carbocycles. The molecule has 7 nitrogen and oxygen atoms in total. The highest BCUT2D eigenvalue weighted by Gasteiger charge is 2.36. The summed E-state index contributed by atoms with van der Waals surface area (Å²) >= 11 is 4.57. The second-order valence-electron chi connectivity index (χ2n) is 8.73. The number of rotatable bonds is 8. The minimum absolute atomic E-state index is 0.0734. The van der Waals surface area contributed by atoms with Crippen LogP contribution in [0.2, 0.25) is 0 Å². The molecule has 0 N–H and O–H groups in total. The van der Waals surface area contributed by atoms with Gasteiger partial charge in [0, 0.05) is 21.2 Å². The number of benzene rings is 3. The number of hydrogen-bond acceptors (Lipinski definition) is 7. The standard InChI is InChI=1S/C30H23BrF2N2O5S/c1-3-39-28(37)24-25(17-9-5-4-6-10-17)34-30-35(26(24)20-16-19(31)13-14-22(20)38-2)27(36)23(41-30)15-18-11-7-8-12-21(18)40-29(32)33/h4-16,26,29H,3H2,1-2H3/b23-15-/t26-/m0/s1. The Morgan fingerprint density at radius 2 is 1.83 bits per heavy atom. The Hall–Kier alpha value is -4.09. The summed E-state index contributed by atoms with van der Waals surface area (Å²) in [6.07, 6.45) is 1.48. The molecule has 4 aromatic rings. The second kappa shape index (κ2) is 12.2. The van der Waals surface area contributed by atoms with Crippen molar-refractivity contribution in [3.63, 3.8) is 0 Å². The Morgan fingerprint density at radius 1 is 1.10 bits per heavy atom. The highest BCUT2D eigenvalue weighted by Crippen LogP contribution is 2.39. The minimum Gasteiger partial charge on any atom is -0.496 e. The zero-order valence-corrected chi connectivity index (χ0v) is 24.2. The molecule has 2 heterocycles. The quantitative estimate of drug-likeness (QED) is 0.244. The van der Waals surface area contributed by atoms with Crippen molar-refractivity contribution in [3.8, 4) is 11.5 Å². The van der Waals surface area contributed by atoms with Gasteiger partial charge >= 0.3 is 12.6 Å². The lowest BCUT2D eigenvalue weighted by atomic mass is 9.92. The van der Waals surface area contributed by atoms with Crippen LogP contribution in [0.15, 0.2) is 92.6 Å². The summed E-state index contributed by atoms with van der Waals surface area (Å²) in [4.78, 5) is 32.8. The number of thiazole rings is 1. The van der Waals surface area contributed by atoms with Gasteiger partial charge in [-0.1, -0.05) is 75.8 Å². The Labute approximate surface area is 245 Å². The molecule has 0 saturated heterocycles. The van der Waals surface area contributed by atoms with Crippen LogP contribution in [0.1, 0.15) is 29.7 Å². The summed E-state index contributed by atoms with van der Waals surface area (Å²) in [6, 6.07) is 19.7. The average Bonchev–Trinajstić information content (AvgIpc) is 3.27. The zero-order chi connectivity index (χ0) is 29.1. The van der Waals surface area contributed by atoms with Crippen LogP contribution in [0.3, 0.4) is 0 Å². The fraction of sp³-hybridized carbons (Fsp3) is 0.167. The van der Waals surface area contributed by atoms with Gasteiger partial charge < -0.3 is 14.2 Å². The molecular weight excluding hydrogens is 618 g/mol. The van der Waals surface area contributed by atoms with Gasteiger partial charge in [0.1, 0.15) is 17.5 Å². The second-order valence-corrected chi connectivity index (χ2v) is 10.7. The van der Waals surface area contributed by atoms with E-state index in [1.54, 1.807) is 43.3 Å². The number of halogens is 3. The maximum absolute atomic E-state index is 14.1. The molecule has 210 valence electrons. The number of aromatic nitrogens is 1. The summed E-state index contributed by atoms with van der Waals surface area (Å²) in [6.45, 7) is -1.22. The number of fused-ring (bicyclic) bond motifs is 1. The number of esters is 1. The van der Waals surface area contributed by atoms with Crippen molar-refractivity contribution < 1.29 is 27.8 Å². The number of carbonyl (C=O) groups is 1. The average molecular weight is 641 g/mol. The minimum atomic E-state index is -3.03. The summed E-state index contributed by atoms with van der Waals surface area (Å²) in [5.74, 6) is -0.262. The topological polar surface area (TPSA) is 79.1 Å². The van der Waals surface area contributed by atoms with Crippen LogP contribution in [-0.4, -0.2) is 30.9 Å². The van der Waals surface area contributed by atoms with E-state index in [1.165, 1.54) is 23.8 Å². The fourth-order valence-corrected chi connectivity index (χ4v) is 5.97. The molecule has 11 heteroatoms. The first-order chi connectivity index (χ1) is 19.8. The predicted molar refractivity (Wildman–Crippen MR) is 155 cm³/mol. The molecule has 0 radical (unpaired) electrons. The van der Waals surface area contributed by atoms with E-state index in [4.69, 9.17) is 14.5 Å². The van der Waals surface area contributed by atoms with Crippen molar-refractivity contribution in [2.75, 3.05) is 13.7 Å². The number of hydrogen-bond donors (Lipinski definition) is 0. The first-order valence-corrected chi connectivity index (χ1v) is 14.1. The molecule has 3 aromatic carbocycles. The third kappa shape index (κ3) is 5.73. The third-order valence-corrected chi connectivity index (χ3v) is 7.76. The van der Waals surface area contributed by atoms with Gasteiger partial charge in [0.05, 0.1) is 29.5 Å². The summed E-state index contributed by atoms with van der Waals surface area (Å²) in [5, 5.41) is 0. The number of alkyl halides is 2. The molecule has 0 spiro atoms. The molecule has 1 aliphatic heterocycles. The number of para-hydroxylation sites is 1. The van der Waals surface area contributed by atoms with Crippen LogP contribution in [0.25, 0.3) is 11.8 Å².